The molecular formula is C25H38FN5O3. The summed E-state index contributed by atoms with van der Waals surface area (Å²) in [6.07, 6.45) is 4.87. The third-order valence-corrected chi connectivity index (χ3v) is 6.60. The first-order chi connectivity index (χ1) is 16.2. The van der Waals surface area contributed by atoms with Gasteiger partial charge in [0.15, 0.2) is 0 Å². The Morgan fingerprint density at radius 3 is 2.44 bits per heavy atom. The van der Waals surface area contributed by atoms with Gasteiger partial charge in [-0.25, -0.2) is 19.2 Å². The Hall–Kier alpha value is -2.68. The fourth-order valence-electron chi connectivity index (χ4n) is 4.83. The van der Waals surface area contributed by atoms with Crippen LogP contribution >= 0.6 is 0 Å². The summed E-state index contributed by atoms with van der Waals surface area (Å²) < 4.78 is 13.2. The van der Waals surface area contributed by atoms with Crippen LogP contribution in [-0.2, 0) is 16.1 Å². The van der Waals surface area contributed by atoms with Gasteiger partial charge in [-0.05, 0) is 30.0 Å². The number of hydrogen-bond donors (Lipinski definition) is 1. The Morgan fingerprint density at radius 1 is 1.12 bits per heavy atom. The van der Waals surface area contributed by atoms with Crippen LogP contribution in [0, 0.1) is 11.7 Å². The molecule has 1 N–H and O–H groups in total. The van der Waals surface area contributed by atoms with Crippen molar-refractivity contribution >= 4 is 17.8 Å². The van der Waals surface area contributed by atoms with Crippen molar-refractivity contribution < 1.29 is 18.8 Å². The molecule has 4 amide bonds. The van der Waals surface area contributed by atoms with Gasteiger partial charge in [0.25, 0.3) is 0 Å². The molecule has 34 heavy (non-hydrogen) atoms. The molecule has 188 valence electrons. The summed E-state index contributed by atoms with van der Waals surface area (Å²) in [4.78, 5) is 43.1. The summed E-state index contributed by atoms with van der Waals surface area (Å²) in [5.41, 5.74) is 0.773. The Kier molecular flexibility index (Phi) is 8.88. The zero-order valence-electron chi connectivity index (χ0n) is 20.8. The highest BCUT2D eigenvalue weighted by atomic mass is 19.1. The predicted octanol–water partition coefficient (Wildman–Crippen LogP) is 3.19. The summed E-state index contributed by atoms with van der Waals surface area (Å²) in [5.74, 6) is -0.591. The summed E-state index contributed by atoms with van der Waals surface area (Å²) in [7, 11) is 1.71. The van der Waals surface area contributed by atoms with E-state index < -0.39 is 12.2 Å². The van der Waals surface area contributed by atoms with Crippen LogP contribution in [-0.4, -0.2) is 76.6 Å². The number of likely N-dealkylation sites (N-methyl/N-ethyl adjacent to an activating group) is 1. The van der Waals surface area contributed by atoms with Gasteiger partial charge in [0.05, 0.1) is 13.1 Å². The maximum absolute atomic E-state index is 13.4. The molecule has 2 saturated heterocycles. The number of halogens is 1. The Labute approximate surface area is 202 Å². The summed E-state index contributed by atoms with van der Waals surface area (Å²) in [6, 6.07) is 5.01. The van der Waals surface area contributed by atoms with E-state index in [4.69, 9.17) is 0 Å². The molecule has 0 bridgehead atoms. The van der Waals surface area contributed by atoms with Crippen molar-refractivity contribution in [2.24, 2.45) is 5.92 Å². The summed E-state index contributed by atoms with van der Waals surface area (Å²) in [5, 5.41) is 6.06. The van der Waals surface area contributed by atoms with Crippen molar-refractivity contribution in [3.05, 3.63) is 35.6 Å². The summed E-state index contributed by atoms with van der Waals surface area (Å²) >= 11 is 0. The third kappa shape index (κ3) is 5.87. The molecule has 0 radical (unpaired) electrons. The first-order valence-corrected chi connectivity index (χ1v) is 12.4. The quantitative estimate of drug-likeness (QED) is 0.557. The average Bonchev–Trinajstić information content (AvgIpc) is 2.79. The standard InChI is InChI=1S/C25H38FN5O3/c1-5-6-7-8-9-14-29-16-21-30(23(18(2)3)24(29)33)22(32)17-28(4)31(21)25(34)27-15-19-10-12-20(26)13-11-19/h10-13,18,21,23H,5-9,14-17H2,1-4H3,(H,27,34)/t21-,23-/m0/s1. The molecule has 0 spiro atoms. The van der Waals surface area contributed by atoms with E-state index in [1.165, 1.54) is 18.6 Å². The molecule has 0 aromatic heterocycles. The van der Waals surface area contributed by atoms with Crippen LogP contribution < -0.4 is 5.32 Å². The van der Waals surface area contributed by atoms with E-state index in [9.17, 15) is 18.8 Å². The second-order valence-corrected chi connectivity index (χ2v) is 9.61. The lowest BCUT2D eigenvalue weighted by molar-refractivity contribution is -0.189. The SMILES string of the molecule is CCCCCCCN1C[C@H]2N(C(=O)CN(C)N2C(=O)NCc2ccc(F)cc2)[C@@H](C(C)C)C1=O. The van der Waals surface area contributed by atoms with Gasteiger partial charge in [0.2, 0.25) is 11.8 Å². The molecule has 2 aliphatic rings. The molecule has 2 fully saturated rings. The molecule has 3 rings (SSSR count). The number of hydrogen-bond acceptors (Lipinski definition) is 4. The molecule has 9 heteroatoms. The monoisotopic (exact) mass is 475 g/mol. The van der Waals surface area contributed by atoms with E-state index in [0.29, 0.717) is 6.54 Å². The smallest absolute Gasteiger partial charge is 0.334 e. The number of nitrogens with zero attached hydrogens (tertiary/aromatic N) is 4. The lowest BCUT2D eigenvalue weighted by atomic mass is 9.96. The van der Waals surface area contributed by atoms with Gasteiger partial charge < -0.3 is 15.1 Å². The second-order valence-electron chi connectivity index (χ2n) is 9.61. The van der Waals surface area contributed by atoms with Crippen LogP contribution in [0.1, 0.15) is 58.4 Å². The first kappa shape index (κ1) is 25.9. The molecule has 0 saturated carbocycles. The first-order valence-electron chi connectivity index (χ1n) is 12.4. The van der Waals surface area contributed by atoms with Crippen molar-refractivity contribution in [3.63, 3.8) is 0 Å². The van der Waals surface area contributed by atoms with Crippen molar-refractivity contribution in [1.82, 2.24) is 25.1 Å². The van der Waals surface area contributed by atoms with E-state index in [0.717, 1.165) is 31.2 Å². The molecule has 1 aromatic rings. The lowest BCUT2D eigenvalue weighted by Crippen LogP contribution is -2.76. The highest BCUT2D eigenvalue weighted by Crippen LogP contribution is 2.29. The van der Waals surface area contributed by atoms with Crippen molar-refractivity contribution in [3.8, 4) is 0 Å². The molecule has 8 nitrogen and oxygen atoms in total. The van der Waals surface area contributed by atoms with Crippen LogP contribution in [0.2, 0.25) is 0 Å². The van der Waals surface area contributed by atoms with Crippen LogP contribution in [0.25, 0.3) is 0 Å². The number of hydrazine groups is 1. The molecule has 0 aliphatic carbocycles. The number of piperazine rings is 1. The maximum Gasteiger partial charge on any atom is 0.334 e. The molecule has 1 aromatic carbocycles. The number of urea groups is 1. The van der Waals surface area contributed by atoms with E-state index in [2.05, 4.69) is 12.2 Å². The molecule has 0 unspecified atom stereocenters. The van der Waals surface area contributed by atoms with Gasteiger partial charge in [-0.15, -0.1) is 0 Å². The number of carbonyl (C=O) groups excluding carboxylic acids is 3. The minimum atomic E-state index is -0.594. The average molecular weight is 476 g/mol. The lowest BCUT2D eigenvalue weighted by Gasteiger charge is -2.55. The minimum absolute atomic E-state index is 0.0218. The van der Waals surface area contributed by atoms with E-state index >= 15 is 0 Å². The molecule has 2 heterocycles. The zero-order valence-corrected chi connectivity index (χ0v) is 20.8. The van der Waals surface area contributed by atoms with E-state index in [-0.39, 0.29) is 49.2 Å². The van der Waals surface area contributed by atoms with Gasteiger partial charge in [0.1, 0.15) is 18.0 Å². The van der Waals surface area contributed by atoms with Crippen molar-refractivity contribution in [1.29, 1.82) is 0 Å². The number of fused-ring (bicyclic) bond motifs is 1. The van der Waals surface area contributed by atoms with Gasteiger partial charge in [0, 0.05) is 20.1 Å². The number of unbranched alkanes of at least 4 members (excludes halogenated alkanes) is 4. The third-order valence-electron chi connectivity index (χ3n) is 6.60. The molecular weight excluding hydrogens is 437 g/mol. The largest absolute Gasteiger partial charge is 0.337 e. The zero-order chi connectivity index (χ0) is 24.8. The summed E-state index contributed by atoms with van der Waals surface area (Å²) in [6.45, 7) is 7.22. The van der Waals surface area contributed by atoms with Gasteiger partial charge in [-0.2, -0.15) is 0 Å². The highest BCUT2D eigenvalue weighted by molar-refractivity contribution is 5.91. The Morgan fingerprint density at radius 2 is 1.79 bits per heavy atom. The van der Waals surface area contributed by atoms with Crippen LogP contribution in [0.5, 0.6) is 0 Å². The Balaban J connectivity index is 1.77. The van der Waals surface area contributed by atoms with Crippen LogP contribution in [0.4, 0.5) is 9.18 Å². The fourth-order valence-corrected chi connectivity index (χ4v) is 4.83. The van der Waals surface area contributed by atoms with Crippen molar-refractivity contribution in [2.45, 2.75) is 71.6 Å². The van der Waals surface area contributed by atoms with Crippen molar-refractivity contribution in [2.75, 3.05) is 26.7 Å². The maximum atomic E-state index is 13.4. The number of amides is 4. The van der Waals surface area contributed by atoms with Crippen LogP contribution in [0.3, 0.4) is 0 Å². The predicted molar refractivity (Wildman–Crippen MR) is 128 cm³/mol. The molecule has 2 aliphatic heterocycles. The number of nitrogens with one attached hydrogen (secondary N) is 1. The van der Waals surface area contributed by atoms with Gasteiger partial charge in [-0.1, -0.05) is 58.6 Å². The fraction of sp³-hybridized carbons (Fsp3) is 0.640. The van der Waals surface area contributed by atoms with Crippen LogP contribution in [0.15, 0.2) is 24.3 Å². The topological polar surface area (TPSA) is 76.2 Å². The highest BCUT2D eigenvalue weighted by Gasteiger charge is 2.51. The van der Waals surface area contributed by atoms with E-state index in [1.54, 1.807) is 34.1 Å². The number of benzene rings is 1. The van der Waals surface area contributed by atoms with Gasteiger partial charge in [-0.3, -0.25) is 9.59 Å². The minimum Gasteiger partial charge on any atom is -0.337 e. The van der Waals surface area contributed by atoms with Gasteiger partial charge >= 0.3 is 6.03 Å². The Bertz CT molecular complexity index is 863. The van der Waals surface area contributed by atoms with E-state index in [1.807, 2.05) is 18.7 Å². The second kappa shape index (κ2) is 11.6. The number of rotatable bonds is 9. The normalized spacial score (nSPS) is 21.3. The number of carbonyl (C=O) groups is 3. The molecule has 2 atom stereocenters.